The number of aromatic hydroxyl groups is 1. The number of nitrogens with one attached hydrogen (secondary N) is 2. The number of phenols is 1. The van der Waals surface area contributed by atoms with E-state index in [0.29, 0.717) is 33.2 Å². The molecule has 0 aliphatic carbocycles. The first-order chi connectivity index (χ1) is 14.6. The van der Waals surface area contributed by atoms with Gasteiger partial charge in [-0.3, -0.25) is 9.59 Å². The SMILES string of the molecule is O=C(Nc1cnc(-c2cccc(O)c2)nc1)c1cccc(NC(=O)c2cccs2)c1. The van der Waals surface area contributed by atoms with Crippen LogP contribution in [0.3, 0.4) is 0 Å². The molecular formula is C22H16N4O3S. The summed E-state index contributed by atoms with van der Waals surface area (Å²) >= 11 is 1.34. The van der Waals surface area contributed by atoms with Crippen LogP contribution in [0, 0.1) is 0 Å². The molecule has 0 bridgehead atoms. The fourth-order valence-corrected chi connectivity index (χ4v) is 3.35. The molecule has 3 N–H and O–H groups in total. The molecule has 0 aliphatic heterocycles. The molecule has 0 atom stereocenters. The summed E-state index contributed by atoms with van der Waals surface area (Å²) in [7, 11) is 0. The van der Waals surface area contributed by atoms with Gasteiger partial charge in [0, 0.05) is 16.8 Å². The average Bonchev–Trinajstić information content (AvgIpc) is 3.30. The van der Waals surface area contributed by atoms with Crippen LogP contribution in [0.1, 0.15) is 20.0 Å². The molecule has 2 amide bonds. The first kappa shape index (κ1) is 19.3. The first-order valence-electron chi connectivity index (χ1n) is 8.96. The van der Waals surface area contributed by atoms with Crippen molar-refractivity contribution in [3.63, 3.8) is 0 Å². The van der Waals surface area contributed by atoms with Crippen molar-refractivity contribution in [2.75, 3.05) is 10.6 Å². The minimum Gasteiger partial charge on any atom is -0.508 e. The lowest BCUT2D eigenvalue weighted by molar-refractivity contribution is 0.101. The minimum absolute atomic E-state index is 0.125. The van der Waals surface area contributed by atoms with E-state index in [1.54, 1.807) is 60.7 Å². The van der Waals surface area contributed by atoms with E-state index in [1.807, 2.05) is 5.38 Å². The van der Waals surface area contributed by atoms with Gasteiger partial charge in [0.15, 0.2) is 5.82 Å². The molecule has 0 fully saturated rings. The first-order valence-corrected chi connectivity index (χ1v) is 9.84. The lowest BCUT2D eigenvalue weighted by Gasteiger charge is -2.08. The highest BCUT2D eigenvalue weighted by Crippen LogP contribution is 2.21. The smallest absolute Gasteiger partial charge is 0.265 e. The van der Waals surface area contributed by atoms with Crippen LogP contribution in [0.15, 0.2) is 78.4 Å². The number of amides is 2. The number of nitrogens with zero attached hydrogens (tertiary/aromatic N) is 2. The van der Waals surface area contributed by atoms with E-state index < -0.39 is 0 Å². The van der Waals surface area contributed by atoms with Gasteiger partial charge in [-0.1, -0.05) is 24.3 Å². The van der Waals surface area contributed by atoms with Crippen LogP contribution in [-0.4, -0.2) is 26.9 Å². The number of hydrogen-bond acceptors (Lipinski definition) is 6. The van der Waals surface area contributed by atoms with E-state index in [4.69, 9.17) is 0 Å². The number of rotatable bonds is 5. The number of phenolic OH excluding ortho intramolecular Hbond substituents is 1. The lowest BCUT2D eigenvalue weighted by Crippen LogP contribution is -2.14. The Morgan fingerprint density at radius 3 is 2.33 bits per heavy atom. The predicted molar refractivity (Wildman–Crippen MR) is 116 cm³/mol. The molecule has 2 heterocycles. The monoisotopic (exact) mass is 416 g/mol. The molecule has 0 radical (unpaired) electrons. The molecule has 2 aromatic carbocycles. The van der Waals surface area contributed by atoms with Crippen molar-refractivity contribution >= 4 is 34.5 Å². The van der Waals surface area contributed by atoms with E-state index in [0.717, 1.165) is 0 Å². The standard InChI is InChI=1S/C22H16N4O3S/c27-18-7-2-4-14(11-18)20-23-12-17(13-24-20)26-21(28)15-5-1-6-16(10-15)25-22(29)19-8-3-9-30-19/h1-13,27H,(H,25,29)(H,26,28). The van der Waals surface area contributed by atoms with Gasteiger partial charge in [0.2, 0.25) is 0 Å². The zero-order valence-electron chi connectivity index (χ0n) is 15.6. The van der Waals surface area contributed by atoms with Gasteiger partial charge < -0.3 is 15.7 Å². The number of carbonyl (C=O) groups excluding carboxylic acids is 2. The Morgan fingerprint density at radius 2 is 1.60 bits per heavy atom. The normalized spacial score (nSPS) is 10.4. The largest absolute Gasteiger partial charge is 0.508 e. The molecule has 4 aromatic rings. The van der Waals surface area contributed by atoms with Crippen LogP contribution in [0.5, 0.6) is 5.75 Å². The maximum atomic E-state index is 12.6. The second-order valence-corrected chi connectivity index (χ2v) is 7.26. The summed E-state index contributed by atoms with van der Waals surface area (Å²) in [4.78, 5) is 33.8. The quantitative estimate of drug-likeness (QED) is 0.447. The Hall–Kier alpha value is -4.04. The molecule has 8 heteroatoms. The average molecular weight is 416 g/mol. The zero-order valence-corrected chi connectivity index (χ0v) is 16.4. The molecule has 0 saturated carbocycles. The van der Waals surface area contributed by atoms with Gasteiger partial charge in [0.1, 0.15) is 5.75 Å². The molecule has 0 unspecified atom stereocenters. The summed E-state index contributed by atoms with van der Waals surface area (Å²) < 4.78 is 0. The molecule has 0 aliphatic rings. The van der Waals surface area contributed by atoms with Crippen molar-refractivity contribution in [1.82, 2.24) is 9.97 Å². The zero-order chi connectivity index (χ0) is 20.9. The highest BCUT2D eigenvalue weighted by Gasteiger charge is 2.11. The summed E-state index contributed by atoms with van der Waals surface area (Å²) in [6, 6.07) is 16.8. The Bertz CT molecular complexity index is 1190. The molecule has 7 nitrogen and oxygen atoms in total. The Kier molecular flexibility index (Phi) is 5.49. The van der Waals surface area contributed by atoms with Crippen LogP contribution in [0.25, 0.3) is 11.4 Å². The molecule has 30 heavy (non-hydrogen) atoms. The molecular weight excluding hydrogens is 400 g/mol. The predicted octanol–water partition coefficient (Wildman–Crippen LogP) is 4.42. The second kappa shape index (κ2) is 8.54. The van der Waals surface area contributed by atoms with Gasteiger partial charge in [-0.15, -0.1) is 11.3 Å². The minimum atomic E-state index is -0.351. The van der Waals surface area contributed by atoms with E-state index in [-0.39, 0.29) is 17.6 Å². The van der Waals surface area contributed by atoms with E-state index in [2.05, 4.69) is 20.6 Å². The number of thiophene rings is 1. The summed E-state index contributed by atoms with van der Waals surface area (Å²) in [5.74, 6) is -0.0175. The summed E-state index contributed by atoms with van der Waals surface area (Å²) in [6.45, 7) is 0. The Balaban J connectivity index is 1.44. The topological polar surface area (TPSA) is 104 Å². The van der Waals surface area contributed by atoms with E-state index in [9.17, 15) is 14.7 Å². The molecule has 2 aromatic heterocycles. The molecule has 0 saturated heterocycles. The van der Waals surface area contributed by atoms with Gasteiger partial charge in [0.25, 0.3) is 11.8 Å². The number of aromatic nitrogens is 2. The van der Waals surface area contributed by atoms with Gasteiger partial charge in [0.05, 0.1) is 23.0 Å². The van der Waals surface area contributed by atoms with Crippen molar-refractivity contribution < 1.29 is 14.7 Å². The van der Waals surface area contributed by atoms with Crippen molar-refractivity contribution in [2.24, 2.45) is 0 Å². The highest BCUT2D eigenvalue weighted by molar-refractivity contribution is 7.12. The van der Waals surface area contributed by atoms with Gasteiger partial charge in [-0.05, 0) is 41.8 Å². The van der Waals surface area contributed by atoms with Crippen LogP contribution < -0.4 is 10.6 Å². The van der Waals surface area contributed by atoms with E-state index >= 15 is 0 Å². The third-order valence-corrected chi connectivity index (χ3v) is 5.01. The summed E-state index contributed by atoms with van der Waals surface area (Å²) in [6.07, 6.45) is 2.99. The third kappa shape index (κ3) is 4.50. The van der Waals surface area contributed by atoms with Crippen LogP contribution in [0.4, 0.5) is 11.4 Å². The molecule has 4 rings (SSSR count). The van der Waals surface area contributed by atoms with Crippen molar-refractivity contribution in [1.29, 1.82) is 0 Å². The maximum Gasteiger partial charge on any atom is 0.265 e. The van der Waals surface area contributed by atoms with Crippen molar-refractivity contribution in [3.8, 4) is 17.1 Å². The number of hydrogen-bond donors (Lipinski definition) is 3. The molecule has 148 valence electrons. The summed E-state index contributed by atoms with van der Waals surface area (Å²) in [5.41, 5.74) is 2.01. The number of anilines is 2. The maximum absolute atomic E-state index is 12.6. The van der Waals surface area contributed by atoms with Crippen molar-refractivity contribution in [3.05, 3.63) is 88.9 Å². The number of carbonyl (C=O) groups is 2. The Morgan fingerprint density at radius 1 is 0.833 bits per heavy atom. The van der Waals surface area contributed by atoms with Crippen LogP contribution in [-0.2, 0) is 0 Å². The van der Waals surface area contributed by atoms with Gasteiger partial charge in [-0.25, -0.2) is 9.97 Å². The van der Waals surface area contributed by atoms with Crippen molar-refractivity contribution in [2.45, 2.75) is 0 Å². The van der Waals surface area contributed by atoms with Crippen LogP contribution in [0.2, 0.25) is 0 Å². The fraction of sp³-hybridized carbons (Fsp3) is 0. The highest BCUT2D eigenvalue weighted by atomic mass is 32.1. The number of benzene rings is 2. The second-order valence-electron chi connectivity index (χ2n) is 6.31. The van der Waals surface area contributed by atoms with Gasteiger partial charge >= 0.3 is 0 Å². The Labute approximate surface area is 176 Å². The lowest BCUT2D eigenvalue weighted by atomic mass is 10.2. The van der Waals surface area contributed by atoms with E-state index in [1.165, 1.54) is 23.7 Å². The summed E-state index contributed by atoms with van der Waals surface area (Å²) in [5, 5.41) is 16.9. The van der Waals surface area contributed by atoms with Gasteiger partial charge in [-0.2, -0.15) is 0 Å². The fourth-order valence-electron chi connectivity index (χ4n) is 2.73. The van der Waals surface area contributed by atoms with Crippen LogP contribution >= 0.6 is 11.3 Å². The molecule has 0 spiro atoms. The third-order valence-electron chi connectivity index (χ3n) is 4.14.